The van der Waals surface area contributed by atoms with E-state index in [4.69, 9.17) is 4.42 Å². The molecule has 0 aromatic carbocycles. The third-order valence-corrected chi connectivity index (χ3v) is 3.89. The lowest BCUT2D eigenvalue weighted by Gasteiger charge is -2.02. The first kappa shape index (κ1) is 15.1. The molecule has 3 aromatic heterocycles. The number of amides is 1. The topological polar surface area (TPSA) is 114 Å². The van der Waals surface area contributed by atoms with E-state index >= 15 is 0 Å². The van der Waals surface area contributed by atoms with Gasteiger partial charge in [0.05, 0.1) is 11.4 Å². The van der Waals surface area contributed by atoms with Crippen molar-refractivity contribution in [3.05, 3.63) is 51.4 Å². The highest BCUT2D eigenvalue weighted by Gasteiger charge is 2.14. The Hall–Kier alpha value is -2.81. The maximum Gasteiger partial charge on any atom is 0.264 e. The summed E-state index contributed by atoms with van der Waals surface area (Å²) in [5, 5.41) is 12.0. The number of thiophene rings is 1. The molecule has 0 aliphatic heterocycles. The van der Waals surface area contributed by atoms with Crippen LogP contribution in [0.3, 0.4) is 0 Å². The van der Waals surface area contributed by atoms with Crippen LogP contribution in [0.15, 0.2) is 32.9 Å². The van der Waals surface area contributed by atoms with Gasteiger partial charge in [0.2, 0.25) is 11.8 Å². The first-order valence-electron chi connectivity index (χ1n) is 6.90. The summed E-state index contributed by atoms with van der Waals surface area (Å²) in [6, 6.07) is 3.69. The smallest absolute Gasteiger partial charge is 0.264 e. The van der Waals surface area contributed by atoms with Gasteiger partial charge < -0.3 is 14.7 Å². The number of hydrogen-bond donors (Lipinski definition) is 2. The van der Waals surface area contributed by atoms with Crippen molar-refractivity contribution in [2.45, 2.75) is 19.9 Å². The summed E-state index contributed by atoms with van der Waals surface area (Å²) in [7, 11) is 0. The average molecular weight is 331 g/mol. The predicted molar refractivity (Wildman–Crippen MR) is 83.0 cm³/mol. The molecule has 23 heavy (non-hydrogen) atoms. The number of H-pyrrole nitrogens is 1. The van der Waals surface area contributed by atoms with Crippen molar-refractivity contribution in [2.75, 3.05) is 0 Å². The number of carbonyl (C=O) groups is 1. The zero-order valence-electron chi connectivity index (χ0n) is 12.2. The first-order valence-corrected chi connectivity index (χ1v) is 7.78. The van der Waals surface area contributed by atoms with E-state index in [1.165, 1.54) is 17.5 Å². The summed E-state index contributed by atoms with van der Waals surface area (Å²) >= 11 is 1.45. The van der Waals surface area contributed by atoms with Gasteiger partial charge in [-0.3, -0.25) is 9.59 Å². The van der Waals surface area contributed by atoms with E-state index in [2.05, 4.69) is 25.5 Å². The minimum absolute atomic E-state index is 0.0535. The van der Waals surface area contributed by atoms with Crippen molar-refractivity contribution >= 4 is 17.2 Å². The number of aryl methyl sites for hydroxylation is 1. The number of rotatable bonds is 5. The summed E-state index contributed by atoms with van der Waals surface area (Å²) in [5.41, 5.74) is -0.568. The number of carbonyl (C=O) groups excluding carboxylic acids is 1. The van der Waals surface area contributed by atoms with Crippen LogP contribution in [0.1, 0.15) is 29.1 Å². The summed E-state index contributed by atoms with van der Waals surface area (Å²) in [6.07, 6.45) is 1.88. The zero-order chi connectivity index (χ0) is 16.2. The van der Waals surface area contributed by atoms with Crippen molar-refractivity contribution in [2.24, 2.45) is 0 Å². The van der Waals surface area contributed by atoms with Gasteiger partial charge in [0.1, 0.15) is 11.4 Å². The van der Waals surface area contributed by atoms with Gasteiger partial charge >= 0.3 is 0 Å². The molecule has 0 spiro atoms. The molecule has 3 rings (SSSR count). The van der Waals surface area contributed by atoms with Crippen LogP contribution in [0.4, 0.5) is 0 Å². The van der Waals surface area contributed by atoms with Crippen LogP contribution >= 0.6 is 11.3 Å². The molecule has 8 nitrogen and oxygen atoms in total. The maximum absolute atomic E-state index is 12.1. The van der Waals surface area contributed by atoms with Crippen molar-refractivity contribution < 1.29 is 9.21 Å². The van der Waals surface area contributed by atoms with Gasteiger partial charge in [-0.15, -0.1) is 21.5 Å². The normalized spacial score (nSPS) is 10.7. The first-order chi connectivity index (χ1) is 11.2. The third kappa shape index (κ3) is 3.34. The monoisotopic (exact) mass is 331 g/mol. The van der Waals surface area contributed by atoms with Crippen LogP contribution in [-0.4, -0.2) is 26.1 Å². The van der Waals surface area contributed by atoms with Gasteiger partial charge in [-0.05, 0) is 11.4 Å². The van der Waals surface area contributed by atoms with Crippen LogP contribution in [0.25, 0.3) is 10.7 Å². The van der Waals surface area contributed by atoms with E-state index < -0.39 is 11.5 Å². The molecule has 0 atom stereocenters. The van der Waals surface area contributed by atoms with Crippen molar-refractivity contribution in [3.63, 3.8) is 0 Å². The fraction of sp³-hybridized carbons (Fsp3) is 0.214. The van der Waals surface area contributed by atoms with Gasteiger partial charge in [-0.1, -0.05) is 13.0 Å². The molecule has 9 heteroatoms. The molecule has 0 saturated heterocycles. The van der Waals surface area contributed by atoms with Crippen LogP contribution in [0, 0.1) is 0 Å². The lowest BCUT2D eigenvalue weighted by molar-refractivity contribution is 0.0945. The molecule has 0 saturated carbocycles. The molecular formula is C14H13N5O3S. The molecule has 0 radical (unpaired) electrons. The molecule has 3 aromatic rings. The Bertz CT molecular complexity index is 869. The maximum atomic E-state index is 12.1. The Kier molecular flexibility index (Phi) is 4.29. The van der Waals surface area contributed by atoms with Crippen molar-refractivity contribution in [1.29, 1.82) is 0 Å². The number of nitrogens with one attached hydrogen (secondary N) is 2. The lowest BCUT2D eigenvalue weighted by Crippen LogP contribution is -2.29. The highest BCUT2D eigenvalue weighted by atomic mass is 32.1. The van der Waals surface area contributed by atoms with Gasteiger partial charge in [-0.25, -0.2) is 4.98 Å². The second-order valence-corrected chi connectivity index (χ2v) is 5.53. The summed E-state index contributed by atoms with van der Waals surface area (Å²) in [5.74, 6) is 0.669. The van der Waals surface area contributed by atoms with Gasteiger partial charge in [-0.2, -0.15) is 0 Å². The van der Waals surface area contributed by atoms with E-state index in [1.54, 1.807) is 0 Å². The highest BCUT2D eigenvalue weighted by molar-refractivity contribution is 7.13. The standard InChI is InChI=1S/C14H13N5O3S/c1-2-10-18-19-11(22-10)7-16-13(20)8-6-15-12(17-14(8)21)9-4-3-5-23-9/h3-6H,2,7H2,1H3,(H,16,20)(H,15,17,21). The Morgan fingerprint density at radius 1 is 1.39 bits per heavy atom. The summed E-state index contributed by atoms with van der Waals surface area (Å²) < 4.78 is 5.28. The second kappa shape index (κ2) is 6.53. The number of aromatic nitrogens is 4. The Labute approximate surface area is 134 Å². The van der Waals surface area contributed by atoms with Crippen LogP contribution < -0.4 is 10.9 Å². The fourth-order valence-corrected chi connectivity index (χ4v) is 2.53. The minimum Gasteiger partial charge on any atom is -0.423 e. The molecule has 0 aliphatic carbocycles. The lowest BCUT2D eigenvalue weighted by atomic mass is 10.3. The van der Waals surface area contributed by atoms with Crippen molar-refractivity contribution in [3.8, 4) is 10.7 Å². The van der Waals surface area contributed by atoms with E-state index in [-0.39, 0.29) is 18.0 Å². The van der Waals surface area contributed by atoms with E-state index in [1.807, 2.05) is 24.4 Å². The van der Waals surface area contributed by atoms with E-state index in [9.17, 15) is 9.59 Å². The van der Waals surface area contributed by atoms with Crippen molar-refractivity contribution in [1.82, 2.24) is 25.5 Å². The molecule has 1 amide bonds. The van der Waals surface area contributed by atoms with Crippen LogP contribution in [-0.2, 0) is 13.0 Å². The molecule has 0 bridgehead atoms. The second-order valence-electron chi connectivity index (χ2n) is 4.58. The average Bonchev–Trinajstić information content (AvgIpc) is 3.24. The van der Waals surface area contributed by atoms with E-state index in [0.717, 1.165) is 4.88 Å². The molecular weight excluding hydrogens is 318 g/mol. The number of hydrogen-bond acceptors (Lipinski definition) is 7. The number of aromatic amines is 1. The Morgan fingerprint density at radius 3 is 2.87 bits per heavy atom. The SMILES string of the molecule is CCc1nnc(CNC(=O)c2cnc(-c3cccs3)[nH]c2=O)o1. The minimum atomic E-state index is -0.548. The molecule has 0 unspecified atom stereocenters. The Morgan fingerprint density at radius 2 is 2.22 bits per heavy atom. The summed E-state index contributed by atoms with van der Waals surface area (Å²) in [4.78, 5) is 31.6. The van der Waals surface area contributed by atoms with Gasteiger partial charge in [0.25, 0.3) is 11.5 Å². The van der Waals surface area contributed by atoms with Crippen LogP contribution in [0.5, 0.6) is 0 Å². The molecule has 2 N–H and O–H groups in total. The fourth-order valence-electron chi connectivity index (χ4n) is 1.85. The third-order valence-electron chi connectivity index (χ3n) is 3.01. The van der Waals surface area contributed by atoms with Gasteiger partial charge in [0, 0.05) is 12.6 Å². The zero-order valence-corrected chi connectivity index (χ0v) is 13.0. The number of nitrogens with zero attached hydrogens (tertiary/aromatic N) is 3. The largest absolute Gasteiger partial charge is 0.423 e. The van der Waals surface area contributed by atoms with Crippen LogP contribution in [0.2, 0.25) is 0 Å². The highest BCUT2D eigenvalue weighted by Crippen LogP contribution is 2.19. The molecule has 3 heterocycles. The molecule has 0 aliphatic rings. The molecule has 0 fully saturated rings. The Balaban J connectivity index is 1.71. The quantitative estimate of drug-likeness (QED) is 0.730. The summed E-state index contributed by atoms with van der Waals surface area (Å²) in [6.45, 7) is 1.94. The van der Waals surface area contributed by atoms with Gasteiger partial charge in [0.15, 0.2) is 0 Å². The predicted octanol–water partition coefficient (Wildman–Crippen LogP) is 1.37. The molecule has 118 valence electrons. The van der Waals surface area contributed by atoms with E-state index in [0.29, 0.717) is 18.1 Å².